The lowest BCUT2D eigenvalue weighted by Crippen LogP contribution is -2.40. The summed E-state index contributed by atoms with van der Waals surface area (Å²) in [5.74, 6) is -0.639. The minimum Gasteiger partial charge on any atom is -0.378 e. The zero-order chi connectivity index (χ0) is 19.8. The number of carbonyl (C=O) groups excluding carboxylic acids is 2. The normalized spacial score (nSPS) is 17.7. The summed E-state index contributed by atoms with van der Waals surface area (Å²) in [5.41, 5.74) is 4.33. The fraction of sp³-hybridized carbons (Fsp3) is 0.273. The predicted octanol–water partition coefficient (Wildman–Crippen LogP) is 3.57. The number of nitrogens with zero attached hydrogens (tertiary/aromatic N) is 2. The molecule has 0 unspecified atom stereocenters. The molecular formula is C22H21ClN2O3. The predicted molar refractivity (Wildman–Crippen MR) is 109 cm³/mol. The van der Waals surface area contributed by atoms with Crippen LogP contribution in [0.1, 0.15) is 16.7 Å². The molecule has 144 valence electrons. The highest BCUT2D eigenvalue weighted by Crippen LogP contribution is 2.36. The van der Waals surface area contributed by atoms with E-state index in [1.807, 2.05) is 36.9 Å². The minimum absolute atomic E-state index is 0.317. The summed E-state index contributed by atoms with van der Waals surface area (Å²) >= 11 is 6.11. The topological polar surface area (TPSA) is 49.9 Å². The standard InChI is InChI=1S/C22H21ClN2O3/c1-14-6-7-16(12-15(14)2)19-20(24-8-10-28-11-9-24)22(27)25(21(19)26)18-5-3-4-17(23)13-18/h3-7,12-13H,8-11H2,1-2H3. The lowest BCUT2D eigenvalue weighted by molar-refractivity contribution is -0.121. The summed E-state index contributed by atoms with van der Waals surface area (Å²) < 4.78 is 5.43. The Labute approximate surface area is 169 Å². The van der Waals surface area contributed by atoms with Crippen molar-refractivity contribution in [3.8, 4) is 0 Å². The van der Waals surface area contributed by atoms with Gasteiger partial charge in [-0.1, -0.05) is 35.9 Å². The van der Waals surface area contributed by atoms with Crippen molar-refractivity contribution in [3.05, 3.63) is 69.9 Å². The molecule has 0 radical (unpaired) electrons. The van der Waals surface area contributed by atoms with E-state index in [4.69, 9.17) is 16.3 Å². The number of aryl methyl sites for hydroxylation is 2. The second kappa shape index (κ2) is 7.41. The number of halogens is 1. The highest BCUT2D eigenvalue weighted by molar-refractivity contribution is 6.45. The van der Waals surface area contributed by atoms with Crippen LogP contribution in [0.25, 0.3) is 5.57 Å². The van der Waals surface area contributed by atoms with Crippen molar-refractivity contribution in [3.63, 3.8) is 0 Å². The van der Waals surface area contributed by atoms with Crippen LogP contribution in [-0.2, 0) is 14.3 Å². The summed E-state index contributed by atoms with van der Waals surface area (Å²) in [6.07, 6.45) is 0. The SMILES string of the molecule is Cc1ccc(C2=C(N3CCOCC3)C(=O)N(c3cccc(Cl)c3)C2=O)cc1C. The zero-order valence-electron chi connectivity index (χ0n) is 15.9. The highest BCUT2D eigenvalue weighted by atomic mass is 35.5. The quantitative estimate of drug-likeness (QED) is 0.744. The molecule has 0 aliphatic carbocycles. The van der Waals surface area contributed by atoms with E-state index in [2.05, 4.69) is 0 Å². The van der Waals surface area contributed by atoms with Gasteiger partial charge in [0.05, 0.1) is 24.5 Å². The maximum absolute atomic E-state index is 13.4. The van der Waals surface area contributed by atoms with Crippen molar-refractivity contribution in [1.29, 1.82) is 0 Å². The fourth-order valence-corrected chi connectivity index (χ4v) is 3.79. The number of amides is 2. The number of benzene rings is 2. The van der Waals surface area contributed by atoms with E-state index < -0.39 is 0 Å². The van der Waals surface area contributed by atoms with E-state index in [9.17, 15) is 9.59 Å². The molecule has 2 aromatic carbocycles. The molecule has 2 aromatic rings. The Morgan fingerprint density at radius 1 is 0.929 bits per heavy atom. The van der Waals surface area contributed by atoms with Crippen LogP contribution in [-0.4, -0.2) is 43.0 Å². The average Bonchev–Trinajstić information content (AvgIpc) is 2.95. The fourth-order valence-electron chi connectivity index (χ4n) is 3.61. The van der Waals surface area contributed by atoms with Crippen molar-refractivity contribution in [2.45, 2.75) is 13.8 Å². The van der Waals surface area contributed by atoms with E-state index in [1.165, 1.54) is 4.90 Å². The Morgan fingerprint density at radius 3 is 2.36 bits per heavy atom. The third-order valence-electron chi connectivity index (χ3n) is 5.25. The van der Waals surface area contributed by atoms with Crippen LogP contribution in [0, 0.1) is 13.8 Å². The molecule has 2 aliphatic rings. The number of hydrogen-bond donors (Lipinski definition) is 0. The molecular weight excluding hydrogens is 376 g/mol. The van der Waals surface area contributed by atoms with Gasteiger partial charge in [-0.05, 0) is 48.7 Å². The smallest absolute Gasteiger partial charge is 0.282 e. The van der Waals surface area contributed by atoms with Gasteiger partial charge in [0.15, 0.2) is 0 Å². The van der Waals surface area contributed by atoms with E-state index in [-0.39, 0.29) is 11.8 Å². The van der Waals surface area contributed by atoms with Gasteiger partial charge in [0.25, 0.3) is 11.8 Å². The number of morpholine rings is 1. The third-order valence-corrected chi connectivity index (χ3v) is 5.48. The molecule has 0 saturated carbocycles. The van der Waals surface area contributed by atoms with Gasteiger partial charge >= 0.3 is 0 Å². The van der Waals surface area contributed by atoms with Crippen molar-refractivity contribution >= 4 is 34.7 Å². The molecule has 0 N–H and O–H groups in total. The summed E-state index contributed by atoms with van der Waals surface area (Å²) in [5, 5.41) is 0.477. The van der Waals surface area contributed by atoms with Crippen LogP contribution in [0.2, 0.25) is 5.02 Å². The second-order valence-electron chi connectivity index (χ2n) is 7.05. The second-order valence-corrected chi connectivity index (χ2v) is 7.48. The Morgan fingerprint density at radius 2 is 1.68 bits per heavy atom. The Hall–Kier alpha value is -2.63. The number of anilines is 1. The van der Waals surface area contributed by atoms with Gasteiger partial charge in [-0.25, -0.2) is 4.90 Å². The molecule has 28 heavy (non-hydrogen) atoms. The summed E-state index contributed by atoms with van der Waals surface area (Å²) in [7, 11) is 0. The Kier molecular flexibility index (Phi) is 4.96. The van der Waals surface area contributed by atoms with Crippen LogP contribution in [0.15, 0.2) is 48.2 Å². The van der Waals surface area contributed by atoms with Gasteiger partial charge < -0.3 is 9.64 Å². The molecule has 6 heteroatoms. The molecule has 5 nitrogen and oxygen atoms in total. The van der Waals surface area contributed by atoms with Gasteiger partial charge in [0.2, 0.25) is 0 Å². The summed E-state index contributed by atoms with van der Waals surface area (Å²) in [6, 6.07) is 12.7. The largest absolute Gasteiger partial charge is 0.378 e. The van der Waals surface area contributed by atoms with Crippen molar-refractivity contribution in [2.24, 2.45) is 0 Å². The highest BCUT2D eigenvalue weighted by Gasteiger charge is 2.42. The molecule has 4 rings (SSSR count). The first-order valence-electron chi connectivity index (χ1n) is 9.26. The summed E-state index contributed by atoms with van der Waals surface area (Å²) in [6.45, 7) is 6.24. The number of carbonyl (C=O) groups is 2. The monoisotopic (exact) mass is 396 g/mol. The first-order valence-corrected chi connectivity index (χ1v) is 9.64. The third kappa shape index (κ3) is 3.21. The summed E-state index contributed by atoms with van der Waals surface area (Å²) in [4.78, 5) is 30.0. The first kappa shape index (κ1) is 18.7. The van der Waals surface area contributed by atoms with Crippen molar-refractivity contribution in [2.75, 3.05) is 31.2 Å². The molecule has 0 spiro atoms. The van der Waals surface area contributed by atoms with Crippen LogP contribution in [0.3, 0.4) is 0 Å². The van der Waals surface area contributed by atoms with Crippen molar-refractivity contribution in [1.82, 2.24) is 4.90 Å². The maximum atomic E-state index is 13.4. The number of ether oxygens (including phenoxy) is 1. The van der Waals surface area contributed by atoms with Crippen LogP contribution in [0.4, 0.5) is 5.69 Å². The van der Waals surface area contributed by atoms with Crippen LogP contribution in [0.5, 0.6) is 0 Å². The van der Waals surface area contributed by atoms with Gasteiger partial charge in [-0.15, -0.1) is 0 Å². The molecule has 2 aliphatic heterocycles. The Balaban J connectivity index is 1.85. The van der Waals surface area contributed by atoms with Gasteiger partial charge in [0, 0.05) is 18.1 Å². The molecule has 2 heterocycles. The van der Waals surface area contributed by atoms with Crippen LogP contribution < -0.4 is 4.90 Å². The zero-order valence-corrected chi connectivity index (χ0v) is 16.6. The van der Waals surface area contributed by atoms with Gasteiger partial charge in [-0.3, -0.25) is 9.59 Å². The first-order chi connectivity index (χ1) is 13.5. The van der Waals surface area contributed by atoms with E-state index in [0.717, 1.165) is 16.7 Å². The maximum Gasteiger partial charge on any atom is 0.282 e. The lowest BCUT2D eigenvalue weighted by atomic mass is 9.99. The van der Waals surface area contributed by atoms with Crippen LogP contribution >= 0.6 is 11.6 Å². The number of rotatable bonds is 3. The van der Waals surface area contributed by atoms with Gasteiger partial charge in [0.1, 0.15) is 5.70 Å². The van der Waals surface area contributed by atoms with Gasteiger partial charge in [-0.2, -0.15) is 0 Å². The average molecular weight is 397 g/mol. The molecule has 1 fully saturated rings. The van der Waals surface area contributed by atoms with E-state index in [1.54, 1.807) is 24.3 Å². The lowest BCUT2D eigenvalue weighted by Gasteiger charge is -2.29. The molecule has 0 bridgehead atoms. The van der Waals surface area contributed by atoms with Crippen molar-refractivity contribution < 1.29 is 14.3 Å². The molecule has 1 saturated heterocycles. The molecule has 2 amide bonds. The van der Waals surface area contributed by atoms with E-state index >= 15 is 0 Å². The number of imide groups is 1. The molecule has 0 atom stereocenters. The minimum atomic E-state index is -0.322. The van der Waals surface area contributed by atoms with E-state index in [0.29, 0.717) is 48.3 Å². The Bertz CT molecular complexity index is 993. The number of hydrogen-bond acceptors (Lipinski definition) is 4. The molecule has 0 aromatic heterocycles.